The summed E-state index contributed by atoms with van der Waals surface area (Å²) < 4.78 is 24.5. The normalized spacial score (nSPS) is 13.3. The summed E-state index contributed by atoms with van der Waals surface area (Å²) in [5, 5.41) is 3.08. The lowest BCUT2D eigenvalue weighted by Crippen LogP contribution is -2.26. The number of aromatic nitrogens is 3. The molecule has 1 aliphatic heterocycles. The van der Waals surface area contributed by atoms with Crippen molar-refractivity contribution in [2.45, 2.75) is 13.5 Å². The van der Waals surface area contributed by atoms with Crippen molar-refractivity contribution in [3.8, 4) is 11.5 Å². The highest BCUT2D eigenvalue weighted by Crippen LogP contribution is 2.27. The van der Waals surface area contributed by atoms with Gasteiger partial charge in [-0.1, -0.05) is 24.3 Å². The molecule has 4 rings (SSSR count). The van der Waals surface area contributed by atoms with Crippen LogP contribution in [0.15, 0.2) is 48.5 Å². The minimum atomic E-state index is -0.487. The van der Waals surface area contributed by atoms with Gasteiger partial charge in [-0.25, -0.2) is 14.1 Å². The van der Waals surface area contributed by atoms with E-state index < -0.39 is 11.9 Å². The van der Waals surface area contributed by atoms with Crippen molar-refractivity contribution in [3.05, 3.63) is 65.7 Å². The van der Waals surface area contributed by atoms with Crippen LogP contribution >= 0.6 is 0 Å². The average molecular weight is 395 g/mol. The van der Waals surface area contributed by atoms with Gasteiger partial charge < -0.3 is 14.8 Å². The first-order chi connectivity index (χ1) is 14.1. The number of carbonyl (C=O) groups is 1. The molecule has 2 aromatic carbocycles. The fourth-order valence-corrected chi connectivity index (χ4v) is 2.80. The molecule has 0 saturated carbocycles. The lowest BCUT2D eigenvalue weighted by Gasteiger charge is -2.14. The number of para-hydroxylation sites is 1. The number of amides is 1. The van der Waals surface area contributed by atoms with Crippen molar-refractivity contribution >= 4 is 18.0 Å². The Bertz CT molecular complexity index is 1030. The molecule has 1 fully saturated rings. The zero-order valence-corrected chi connectivity index (χ0v) is 15.6. The number of halogens is 1. The maximum atomic E-state index is 13.7. The number of benzene rings is 2. The number of ether oxygens (including phenoxy) is 2. The van der Waals surface area contributed by atoms with Gasteiger partial charge in [0.15, 0.2) is 0 Å². The summed E-state index contributed by atoms with van der Waals surface area (Å²) in [5.41, 5.74) is 0.718. The monoisotopic (exact) mass is 395 g/mol. The van der Waals surface area contributed by atoms with Crippen LogP contribution in [0.2, 0.25) is 0 Å². The van der Waals surface area contributed by atoms with E-state index in [0.29, 0.717) is 36.4 Å². The molecular formula is C20H18FN5O3. The summed E-state index contributed by atoms with van der Waals surface area (Å²) >= 11 is 0. The minimum absolute atomic E-state index is 0.224. The van der Waals surface area contributed by atoms with Gasteiger partial charge in [-0.3, -0.25) is 0 Å². The third-order valence-electron chi connectivity index (χ3n) is 4.17. The second kappa shape index (κ2) is 8.09. The van der Waals surface area contributed by atoms with Crippen molar-refractivity contribution in [1.29, 1.82) is 0 Å². The number of cyclic esters (lactones) is 1. The van der Waals surface area contributed by atoms with Gasteiger partial charge in [0.1, 0.15) is 29.7 Å². The Morgan fingerprint density at radius 3 is 2.76 bits per heavy atom. The third kappa shape index (κ3) is 4.40. The molecule has 2 heterocycles. The van der Waals surface area contributed by atoms with E-state index in [1.54, 1.807) is 25.1 Å². The Labute approximate surface area is 166 Å². The van der Waals surface area contributed by atoms with Gasteiger partial charge in [0.25, 0.3) is 0 Å². The Hall–Kier alpha value is -3.75. The van der Waals surface area contributed by atoms with Gasteiger partial charge in [-0.15, -0.1) is 0 Å². The van der Waals surface area contributed by atoms with Crippen LogP contribution in [-0.2, 0) is 11.3 Å². The van der Waals surface area contributed by atoms with Crippen LogP contribution in [0.5, 0.6) is 11.5 Å². The van der Waals surface area contributed by atoms with Crippen LogP contribution in [0.3, 0.4) is 0 Å². The molecule has 0 unspecified atom stereocenters. The SMILES string of the molecule is Cc1nc(NCc2ccc(F)cc2Oc2ccccc2)nc(N2CCOC2=O)n1. The van der Waals surface area contributed by atoms with Crippen LogP contribution in [-0.4, -0.2) is 34.2 Å². The Kier molecular flexibility index (Phi) is 5.19. The molecule has 0 atom stereocenters. The largest absolute Gasteiger partial charge is 0.457 e. The number of aryl methyl sites for hydroxylation is 1. The number of nitrogens with one attached hydrogen (secondary N) is 1. The predicted octanol–water partition coefficient (Wildman–Crippen LogP) is 3.68. The van der Waals surface area contributed by atoms with Crippen LogP contribution < -0.4 is 15.0 Å². The van der Waals surface area contributed by atoms with Gasteiger partial charge in [0.05, 0.1) is 6.54 Å². The van der Waals surface area contributed by atoms with Crippen molar-refractivity contribution in [2.24, 2.45) is 0 Å². The first kappa shape index (κ1) is 18.6. The molecule has 1 aliphatic rings. The molecule has 148 valence electrons. The van der Waals surface area contributed by atoms with Gasteiger partial charge in [0.2, 0.25) is 11.9 Å². The first-order valence-electron chi connectivity index (χ1n) is 9.01. The Balaban J connectivity index is 1.53. The number of anilines is 2. The predicted molar refractivity (Wildman–Crippen MR) is 104 cm³/mol. The van der Waals surface area contributed by atoms with E-state index in [4.69, 9.17) is 9.47 Å². The van der Waals surface area contributed by atoms with E-state index in [2.05, 4.69) is 20.3 Å². The molecule has 1 saturated heterocycles. The van der Waals surface area contributed by atoms with Crippen molar-refractivity contribution < 1.29 is 18.7 Å². The van der Waals surface area contributed by atoms with E-state index in [-0.39, 0.29) is 12.5 Å². The van der Waals surface area contributed by atoms with E-state index in [1.165, 1.54) is 17.0 Å². The summed E-state index contributed by atoms with van der Waals surface area (Å²) in [6.07, 6.45) is -0.487. The second-order valence-electron chi connectivity index (χ2n) is 6.29. The fourth-order valence-electron chi connectivity index (χ4n) is 2.80. The minimum Gasteiger partial charge on any atom is -0.457 e. The average Bonchev–Trinajstić information content (AvgIpc) is 3.14. The van der Waals surface area contributed by atoms with E-state index >= 15 is 0 Å². The smallest absolute Gasteiger partial charge is 0.416 e. The standard InChI is InChI=1S/C20H18FN5O3/c1-13-23-18(25-19(24-13)26-9-10-28-20(26)27)22-12-14-7-8-15(21)11-17(14)29-16-5-3-2-4-6-16/h2-8,11H,9-10,12H2,1H3,(H,22,23,24,25). The summed E-state index contributed by atoms with van der Waals surface area (Å²) in [6, 6.07) is 13.5. The third-order valence-corrected chi connectivity index (χ3v) is 4.17. The molecule has 1 amide bonds. The molecule has 1 N–H and O–H groups in total. The topological polar surface area (TPSA) is 89.5 Å². The van der Waals surface area contributed by atoms with Crippen molar-refractivity contribution in [1.82, 2.24) is 15.0 Å². The summed E-state index contributed by atoms with van der Waals surface area (Å²) in [4.78, 5) is 25.8. The van der Waals surface area contributed by atoms with E-state index in [0.717, 1.165) is 5.56 Å². The molecule has 0 radical (unpaired) electrons. The molecule has 1 aromatic heterocycles. The highest BCUT2D eigenvalue weighted by molar-refractivity contribution is 5.87. The number of hydrogen-bond donors (Lipinski definition) is 1. The van der Waals surface area contributed by atoms with Gasteiger partial charge in [-0.05, 0) is 25.1 Å². The molecule has 0 spiro atoms. The second-order valence-corrected chi connectivity index (χ2v) is 6.29. The number of hydrogen-bond acceptors (Lipinski definition) is 7. The van der Waals surface area contributed by atoms with Gasteiger partial charge in [0, 0.05) is 18.2 Å². The quantitative estimate of drug-likeness (QED) is 0.681. The van der Waals surface area contributed by atoms with E-state index in [9.17, 15) is 9.18 Å². The van der Waals surface area contributed by atoms with Gasteiger partial charge in [-0.2, -0.15) is 15.0 Å². The molecule has 9 heteroatoms. The van der Waals surface area contributed by atoms with Crippen molar-refractivity contribution in [2.75, 3.05) is 23.4 Å². The highest BCUT2D eigenvalue weighted by Gasteiger charge is 2.26. The zero-order valence-electron chi connectivity index (χ0n) is 15.6. The first-order valence-corrected chi connectivity index (χ1v) is 9.01. The number of rotatable bonds is 6. The molecule has 29 heavy (non-hydrogen) atoms. The maximum absolute atomic E-state index is 13.7. The molecule has 0 bridgehead atoms. The lowest BCUT2D eigenvalue weighted by molar-refractivity contribution is 0.181. The van der Waals surface area contributed by atoms with Crippen LogP contribution in [0.1, 0.15) is 11.4 Å². The lowest BCUT2D eigenvalue weighted by atomic mass is 10.2. The van der Waals surface area contributed by atoms with Gasteiger partial charge >= 0.3 is 6.09 Å². The van der Waals surface area contributed by atoms with Crippen LogP contribution in [0.25, 0.3) is 0 Å². The molecule has 8 nitrogen and oxygen atoms in total. The summed E-state index contributed by atoms with van der Waals surface area (Å²) in [7, 11) is 0. The fraction of sp³-hybridized carbons (Fsp3) is 0.200. The highest BCUT2D eigenvalue weighted by atomic mass is 19.1. The summed E-state index contributed by atoms with van der Waals surface area (Å²) in [6.45, 7) is 2.67. The maximum Gasteiger partial charge on any atom is 0.416 e. The summed E-state index contributed by atoms with van der Waals surface area (Å²) in [5.74, 6) is 1.56. The Morgan fingerprint density at radius 1 is 1.17 bits per heavy atom. The molecular weight excluding hydrogens is 377 g/mol. The van der Waals surface area contributed by atoms with Crippen LogP contribution in [0, 0.1) is 12.7 Å². The van der Waals surface area contributed by atoms with Crippen LogP contribution in [0.4, 0.5) is 21.1 Å². The molecule has 0 aliphatic carbocycles. The number of carbonyl (C=O) groups excluding carboxylic acids is 1. The Morgan fingerprint density at radius 2 is 2.00 bits per heavy atom. The molecule has 3 aromatic rings. The van der Waals surface area contributed by atoms with Crippen molar-refractivity contribution in [3.63, 3.8) is 0 Å². The van der Waals surface area contributed by atoms with E-state index in [1.807, 2.05) is 18.2 Å². The number of nitrogens with zero attached hydrogens (tertiary/aromatic N) is 4. The zero-order chi connectivity index (χ0) is 20.2.